The quantitative estimate of drug-likeness (QED) is 0.850. The van der Waals surface area contributed by atoms with Crippen molar-refractivity contribution < 1.29 is 13.2 Å². The van der Waals surface area contributed by atoms with Gasteiger partial charge in [-0.1, -0.05) is 0 Å². The van der Waals surface area contributed by atoms with Crippen molar-refractivity contribution in [3.63, 3.8) is 0 Å². The van der Waals surface area contributed by atoms with Crippen LogP contribution < -0.4 is 15.2 Å². The van der Waals surface area contributed by atoms with Gasteiger partial charge in [-0.2, -0.15) is 0 Å². The highest BCUT2D eigenvalue weighted by atomic mass is 79.9. The topological polar surface area (TPSA) is 81.4 Å². The van der Waals surface area contributed by atoms with Crippen molar-refractivity contribution in [2.45, 2.75) is 17.9 Å². The lowest BCUT2D eigenvalue weighted by atomic mass is 10.3. The minimum Gasteiger partial charge on any atom is -0.496 e. The van der Waals surface area contributed by atoms with Crippen molar-refractivity contribution in [1.29, 1.82) is 0 Å². The third-order valence-corrected chi connectivity index (χ3v) is 4.07. The molecule has 5 nitrogen and oxygen atoms in total. The molecule has 0 bridgehead atoms. The molecule has 0 radical (unpaired) electrons. The van der Waals surface area contributed by atoms with Crippen LogP contribution in [0, 0.1) is 0 Å². The second-order valence-corrected chi connectivity index (χ2v) is 6.25. The summed E-state index contributed by atoms with van der Waals surface area (Å²) in [5.74, 6) is 0.580. The molecule has 0 aliphatic rings. The average Bonchev–Trinajstić information content (AvgIpc) is 2.26. The molecule has 1 rings (SSSR count). The van der Waals surface area contributed by atoms with Gasteiger partial charge in [0.1, 0.15) is 5.75 Å². The summed E-state index contributed by atoms with van der Waals surface area (Å²) >= 11 is 3.24. The van der Waals surface area contributed by atoms with Gasteiger partial charge in [-0.05, 0) is 41.1 Å². The van der Waals surface area contributed by atoms with Crippen LogP contribution in [0.2, 0.25) is 0 Å². The molecule has 3 N–H and O–H groups in total. The number of ether oxygens (including phenoxy) is 1. The van der Waals surface area contributed by atoms with E-state index in [1.165, 1.54) is 19.2 Å². The summed E-state index contributed by atoms with van der Waals surface area (Å²) < 4.78 is 31.8. The molecular weight excluding hydrogens is 308 g/mol. The van der Waals surface area contributed by atoms with Crippen molar-refractivity contribution in [3.8, 4) is 5.75 Å². The SMILES string of the molecule is COc1ccc(S(=O)(=O)NCC(C)N)cc1Br. The first-order chi connectivity index (χ1) is 7.86. The third-order valence-electron chi connectivity index (χ3n) is 2.03. The van der Waals surface area contributed by atoms with Crippen molar-refractivity contribution >= 4 is 26.0 Å². The fourth-order valence-corrected chi connectivity index (χ4v) is 3.00. The largest absolute Gasteiger partial charge is 0.496 e. The molecule has 0 saturated carbocycles. The fourth-order valence-electron chi connectivity index (χ4n) is 1.14. The number of methoxy groups -OCH3 is 1. The molecule has 96 valence electrons. The van der Waals surface area contributed by atoms with Crippen molar-refractivity contribution in [1.82, 2.24) is 4.72 Å². The van der Waals surface area contributed by atoms with Crippen LogP contribution in [0.3, 0.4) is 0 Å². The van der Waals surface area contributed by atoms with Crippen LogP contribution in [0.5, 0.6) is 5.75 Å². The van der Waals surface area contributed by atoms with Crippen molar-refractivity contribution in [2.75, 3.05) is 13.7 Å². The van der Waals surface area contributed by atoms with Crippen LogP contribution in [-0.4, -0.2) is 28.1 Å². The van der Waals surface area contributed by atoms with Crippen molar-refractivity contribution in [3.05, 3.63) is 22.7 Å². The van der Waals surface area contributed by atoms with E-state index in [1.54, 1.807) is 13.0 Å². The normalized spacial score (nSPS) is 13.4. The molecule has 1 aromatic rings. The molecule has 0 amide bonds. The summed E-state index contributed by atoms with van der Waals surface area (Å²) in [6.07, 6.45) is 0. The minimum atomic E-state index is -3.52. The van der Waals surface area contributed by atoms with Crippen LogP contribution in [0.4, 0.5) is 0 Å². The van der Waals surface area contributed by atoms with Crippen LogP contribution >= 0.6 is 15.9 Å². The van der Waals surface area contributed by atoms with Gasteiger partial charge in [0.2, 0.25) is 10.0 Å². The number of sulfonamides is 1. The number of benzene rings is 1. The standard InChI is InChI=1S/C10H15BrN2O3S/c1-7(12)6-13-17(14,15)8-3-4-10(16-2)9(11)5-8/h3-5,7,13H,6,12H2,1-2H3. The van der Waals surface area contributed by atoms with Crippen LogP contribution in [-0.2, 0) is 10.0 Å². The molecule has 0 aromatic heterocycles. The Morgan fingerprint density at radius 1 is 1.53 bits per heavy atom. The lowest BCUT2D eigenvalue weighted by Crippen LogP contribution is -2.35. The molecule has 1 aromatic carbocycles. The molecule has 0 aliphatic carbocycles. The summed E-state index contributed by atoms with van der Waals surface area (Å²) in [6, 6.07) is 4.33. The summed E-state index contributed by atoms with van der Waals surface area (Å²) in [6.45, 7) is 1.93. The highest BCUT2D eigenvalue weighted by Crippen LogP contribution is 2.27. The van der Waals surface area contributed by atoms with Gasteiger partial charge >= 0.3 is 0 Å². The van der Waals surface area contributed by atoms with Crippen LogP contribution in [0.1, 0.15) is 6.92 Å². The Hall–Kier alpha value is -0.630. The summed E-state index contributed by atoms with van der Waals surface area (Å²) in [5, 5.41) is 0. The third kappa shape index (κ3) is 3.95. The van der Waals surface area contributed by atoms with E-state index in [1.807, 2.05) is 0 Å². The first kappa shape index (κ1) is 14.4. The predicted molar refractivity (Wildman–Crippen MR) is 69.5 cm³/mol. The molecule has 0 saturated heterocycles. The van der Waals surface area contributed by atoms with E-state index in [-0.39, 0.29) is 17.5 Å². The maximum Gasteiger partial charge on any atom is 0.240 e. The first-order valence-electron chi connectivity index (χ1n) is 4.95. The summed E-state index contributed by atoms with van der Waals surface area (Å²) in [5.41, 5.74) is 5.50. The van der Waals surface area contributed by atoms with E-state index in [0.717, 1.165) is 0 Å². The van der Waals surface area contributed by atoms with Crippen LogP contribution in [0.25, 0.3) is 0 Å². The Morgan fingerprint density at radius 2 is 2.18 bits per heavy atom. The van der Waals surface area contributed by atoms with Gasteiger partial charge in [0.05, 0.1) is 16.5 Å². The van der Waals surface area contributed by atoms with Gasteiger partial charge in [0, 0.05) is 12.6 Å². The average molecular weight is 323 g/mol. The zero-order chi connectivity index (χ0) is 13.1. The molecule has 0 spiro atoms. The minimum absolute atomic E-state index is 0.172. The Kier molecular flexibility index (Phi) is 4.93. The smallest absolute Gasteiger partial charge is 0.240 e. The maximum absolute atomic E-state index is 11.9. The van der Waals surface area contributed by atoms with Gasteiger partial charge in [0.15, 0.2) is 0 Å². The second-order valence-electron chi connectivity index (χ2n) is 3.63. The Labute approximate surface area is 110 Å². The number of nitrogens with one attached hydrogen (secondary N) is 1. The predicted octanol–water partition coefficient (Wildman–Crippen LogP) is 1.08. The van der Waals surface area contributed by atoms with Gasteiger partial charge < -0.3 is 10.5 Å². The number of nitrogens with two attached hydrogens (primary N) is 1. The lowest BCUT2D eigenvalue weighted by molar-refractivity contribution is 0.411. The van der Waals surface area contributed by atoms with Crippen LogP contribution in [0.15, 0.2) is 27.6 Å². The van der Waals surface area contributed by atoms with E-state index >= 15 is 0 Å². The summed E-state index contributed by atoms with van der Waals surface area (Å²) in [7, 11) is -2.00. The molecule has 1 unspecified atom stereocenters. The van der Waals surface area contributed by atoms with E-state index < -0.39 is 10.0 Å². The highest BCUT2D eigenvalue weighted by Gasteiger charge is 2.15. The monoisotopic (exact) mass is 322 g/mol. The number of hydrogen-bond acceptors (Lipinski definition) is 4. The number of halogens is 1. The van der Waals surface area contributed by atoms with Crippen molar-refractivity contribution in [2.24, 2.45) is 5.73 Å². The second kappa shape index (κ2) is 5.81. The molecule has 0 aliphatic heterocycles. The van der Waals surface area contributed by atoms with Gasteiger partial charge in [-0.25, -0.2) is 13.1 Å². The van der Waals surface area contributed by atoms with E-state index in [9.17, 15) is 8.42 Å². The maximum atomic E-state index is 11.9. The Morgan fingerprint density at radius 3 is 2.65 bits per heavy atom. The summed E-state index contributed by atoms with van der Waals surface area (Å²) in [4.78, 5) is 0.172. The van der Waals surface area contributed by atoms with Gasteiger partial charge in [-0.15, -0.1) is 0 Å². The molecule has 7 heteroatoms. The molecule has 0 heterocycles. The number of hydrogen-bond donors (Lipinski definition) is 2. The molecule has 1 atom stereocenters. The fraction of sp³-hybridized carbons (Fsp3) is 0.400. The zero-order valence-corrected chi connectivity index (χ0v) is 12.0. The molecular formula is C10H15BrN2O3S. The van der Waals surface area contributed by atoms with E-state index in [0.29, 0.717) is 10.2 Å². The zero-order valence-electron chi connectivity index (χ0n) is 9.60. The van der Waals surface area contributed by atoms with E-state index in [2.05, 4.69) is 20.7 Å². The highest BCUT2D eigenvalue weighted by molar-refractivity contribution is 9.10. The number of rotatable bonds is 5. The molecule has 0 fully saturated rings. The lowest BCUT2D eigenvalue weighted by Gasteiger charge is -2.10. The Bertz CT molecular complexity index is 488. The molecule has 17 heavy (non-hydrogen) atoms. The van der Waals surface area contributed by atoms with Gasteiger partial charge in [-0.3, -0.25) is 0 Å². The van der Waals surface area contributed by atoms with Gasteiger partial charge in [0.25, 0.3) is 0 Å². The van der Waals surface area contributed by atoms with E-state index in [4.69, 9.17) is 10.5 Å². The Balaban J connectivity index is 2.96. The first-order valence-corrected chi connectivity index (χ1v) is 7.23.